The Balaban J connectivity index is 1.60. The van der Waals surface area contributed by atoms with Crippen molar-refractivity contribution in [3.63, 3.8) is 0 Å². The lowest BCUT2D eigenvalue weighted by Gasteiger charge is -2.18. The van der Waals surface area contributed by atoms with E-state index in [0.29, 0.717) is 0 Å². The number of amides is 4. The maximum absolute atomic E-state index is 12.4. The number of urea groups is 1. The Kier molecular flexibility index (Phi) is 5.85. The Labute approximate surface area is 168 Å². The number of imide groups is 1. The van der Waals surface area contributed by atoms with Crippen LogP contribution in [0.1, 0.15) is 24.9 Å². The molecule has 0 aromatic heterocycles. The average Bonchev–Trinajstić information content (AvgIpc) is 2.93. The zero-order valence-corrected chi connectivity index (χ0v) is 16.6. The topological polar surface area (TPSA) is 139 Å². The second-order valence-electron chi connectivity index (χ2n) is 6.98. The quantitative estimate of drug-likeness (QED) is 0.566. The Bertz CT molecular complexity index is 1070. The smallest absolute Gasteiger partial charge is 0.325 e. The van der Waals surface area contributed by atoms with Gasteiger partial charge in [0.15, 0.2) is 0 Å². The highest BCUT2D eigenvalue weighted by molar-refractivity contribution is 7.89. The van der Waals surface area contributed by atoms with E-state index in [0.717, 1.165) is 21.2 Å². The van der Waals surface area contributed by atoms with Gasteiger partial charge in [-0.2, -0.15) is 0 Å². The number of nitrogens with one attached hydrogen (secondary N) is 2. The summed E-state index contributed by atoms with van der Waals surface area (Å²) in [6.07, 6.45) is -0.144. The molecule has 3 rings (SSSR count). The Morgan fingerprint density at radius 3 is 2.59 bits per heavy atom. The van der Waals surface area contributed by atoms with Crippen LogP contribution in [0.2, 0.25) is 0 Å². The van der Waals surface area contributed by atoms with Crippen molar-refractivity contribution in [3.8, 4) is 0 Å². The minimum atomic E-state index is -3.76. The molecule has 29 heavy (non-hydrogen) atoms. The van der Waals surface area contributed by atoms with Gasteiger partial charge in [-0.3, -0.25) is 14.5 Å². The van der Waals surface area contributed by atoms with E-state index in [2.05, 4.69) is 10.6 Å². The van der Waals surface area contributed by atoms with E-state index >= 15 is 0 Å². The minimum Gasteiger partial charge on any atom is -0.348 e. The summed E-state index contributed by atoms with van der Waals surface area (Å²) in [7, 11) is -3.76. The molecule has 1 fully saturated rings. The molecule has 1 aliphatic heterocycles. The molecule has 4 amide bonds. The SMILES string of the molecule is C[C@H](NC(=O)CN1C(=O)N[C@@H](CCS(N)(=O)=O)C1=O)c1ccc2ccccc2c1. The molecule has 1 saturated heterocycles. The third-order valence-corrected chi connectivity index (χ3v) is 5.56. The van der Waals surface area contributed by atoms with Crippen molar-refractivity contribution in [3.05, 3.63) is 48.0 Å². The van der Waals surface area contributed by atoms with Crippen molar-refractivity contribution in [2.75, 3.05) is 12.3 Å². The number of primary sulfonamides is 1. The number of carbonyl (C=O) groups excluding carboxylic acids is 3. The molecule has 0 radical (unpaired) electrons. The molecule has 10 heteroatoms. The van der Waals surface area contributed by atoms with Crippen LogP contribution in [-0.4, -0.2) is 49.5 Å². The molecule has 154 valence electrons. The molecule has 0 saturated carbocycles. The second kappa shape index (κ2) is 8.18. The highest BCUT2D eigenvalue weighted by Gasteiger charge is 2.39. The van der Waals surface area contributed by atoms with Crippen LogP contribution in [0.4, 0.5) is 4.79 Å². The fraction of sp³-hybridized carbons (Fsp3) is 0.316. The molecular formula is C19H22N4O5S. The molecule has 0 bridgehead atoms. The molecule has 2 aromatic carbocycles. The summed E-state index contributed by atoms with van der Waals surface area (Å²) < 4.78 is 22.1. The number of rotatable bonds is 7. The first-order valence-electron chi connectivity index (χ1n) is 9.04. The van der Waals surface area contributed by atoms with Gasteiger partial charge in [0, 0.05) is 0 Å². The first kappa shape index (κ1) is 20.7. The summed E-state index contributed by atoms with van der Waals surface area (Å²) in [6.45, 7) is 1.36. The normalized spacial score (nSPS) is 18.0. The van der Waals surface area contributed by atoms with E-state index in [9.17, 15) is 22.8 Å². The molecule has 4 N–H and O–H groups in total. The minimum absolute atomic E-state index is 0.144. The van der Waals surface area contributed by atoms with E-state index < -0.39 is 46.2 Å². The number of nitrogens with zero attached hydrogens (tertiary/aromatic N) is 1. The van der Waals surface area contributed by atoms with Crippen molar-refractivity contribution in [1.82, 2.24) is 15.5 Å². The van der Waals surface area contributed by atoms with Gasteiger partial charge in [0.05, 0.1) is 11.8 Å². The van der Waals surface area contributed by atoms with Crippen LogP contribution < -0.4 is 15.8 Å². The molecule has 0 unspecified atom stereocenters. The molecule has 1 heterocycles. The molecule has 9 nitrogen and oxygen atoms in total. The second-order valence-corrected chi connectivity index (χ2v) is 8.71. The van der Waals surface area contributed by atoms with Crippen LogP contribution in [0, 0.1) is 0 Å². The van der Waals surface area contributed by atoms with Crippen molar-refractivity contribution in [1.29, 1.82) is 0 Å². The number of carbonyl (C=O) groups is 3. The van der Waals surface area contributed by atoms with E-state index in [1.165, 1.54) is 0 Å². The molecule has 1 aliphatic rings. The lowest BCUT2D eigenvalue weighted by atomic mass is 10.0. The number of hydrogen-bond donors (Lipinski definition) is 3. The highest BCUT2D eigenvalue weighted by Crippen LogP contribution is 2.20. The van der Waals surface area contributed by atoms with Crippen LogP contribution in [0.5, 0.6) is 0 Å². The molecule has 2 aromatic rings. The Morgan fingerprint density at radius 2 is 1.90 bits per heavy atom. The predicted octanol–water partition coefficient (Wildman–Crippen LogP) is 0.616. The van der Waals surface area contributed by atoms with Crippen LogP contribution in [-0.2, 0) is 19.6 Å². The summed E-state index contributed by atoms with van der Waals surface area (Å²) in [5.74, 6) is -1.59. The van der Waals surface area contributed by atoms with Gasteiger partial charge in [-0.1, -0.05) is 36.4 Å². The highest BCUT2D eigenvalue weighted by atomic mass is 32.2. The Morgan fingerprint density at radius 1 is 1.21 bits per heavy atom. The van der Waals surface area contributed by atoms with Gasteiger partial charge in [0.2, 0.25) is 15.9 Å². The third kappa shape index (κ3) is 5.09. The summed E-state index contributed by atoms with van der Waals surface area (Å²) in [4.78, 5) is 37.4. The molecular weight excluding hydrogens is 396 g/mol. The molecule has 0 aliphatic carbocycles. The lowest BCUT2D eigenvalue weighted by Crippen LogP contribution is -2.42. The van der Waals surface area contributed by atoms with Gasteiger partial charge < -0.3 is 10.6 Å². The largest absolute Gasteiger partial charge is 0.348 e. The van der Waals surface area contributed by atoms with E-state index in [-0.39, 0.29) is 12.5 Å². The molecule has 2 atom stereocenters. The van der Waals surface area contributed by atoms with E-state index in [1.807, 2.05) is 49.4 Å². The zero-order chi connectivity index (χ0) is 21.2. The Hall–Kier alpha value is -2.98. The van der Waals surface area contributed by atoms with Crippen LogP contribution >= 0.6 is 0 Å². The maximum atomic E-state index is 12.4. The number of benzene rings is 2. The van der Waals surface area contributed by atoms with Crippen molar-refractivity contribution >= 4 is 38.6 Å². The maximum Gasteiger partial charge on any atom is 0.325 e. The monoisotopic (exact) mass is 418 g/mol. The van der Waals surface area contributed by atoms with E-state index in [4.69, 9.17) is 5.14 Å². The van der Waals surface area contributed by atoms with Gasteiger partial charge in [0.1, 0.15) is 12.6 Å². The third-order valence-electron chi connectivity index (χ3n) is 4.75. The first-order valence-corrected chi connectivity index (χ1v) is 10.8. The van der Waals surface area contributed by atoms with Crippen molar-refractivity contribution in [2.45, 2.75) is 25.4 Å². The predicted molar refractivity (Wildman–Crippen MR) is 107 cm³/mol. The standard InChI is InChI=1S/C19H22N4O5S/c1-12(14-7-6-13-4-2-3-5-15(13)10-14)21-17(24)11-23-18(25)16(22-19(23)26)8-9-29(20,27)28/h2-7,10,12,16H,8-9,11H2,1H3,(H,21,24)(H,22,26)(H2,20,27,28)/t12-,16-/m0/s1. The number of fused-ring (bicyclic) bond motifs is 1. The first-order chi connectivity index (χ1) is 13.6. The summed E-state index contributed by atoms with van der Waals surface area (Å²) in [6, 6.07) is 11.6. The van der Waals surface area contributed by atoms with E-state index in [1.54, 1.807) is 0 Å². The average molecular weight is 418 g/mol. The van der Waals surface area contributed by atoms with Crippen molar-refractivity contribution < 1.29 is 22.8 Å². The fourth-order valence-corrected chi connectivity index (χ4v) is 3.76. The zero-order valence-electron chi connectivity index (χ0n) is 15.8. The number of hydrogen-bond acceptors (Lipinski definition) is 5. The number of sulfonamides is 1. The van der Waals surface area contributed by atoms with Gasteiger partial charge in [-0.25, -0.2) is 18.4 Å². The van der Waals surface area contributed by atoms with Gasteiger partial charge in [0.25, 0.3) is 5.91 Å². The van der Waals surface area contributed by atoms with Crippen LogP contribution in [0.15, 0.2) is 42.5 Å². The van der Waals surface area contributed by atoms with Crippen LogP contribution in [0.3, 0.4) is 0 Å². The van der Waals surface area contributed by atoms with Gasteiger partial charge in [-0.05, 0) is 35.7 Å². The summed E-state index contributed by atoms with van der Waals surface area (Å²) in [5.41, 5.74) is 0.889. The fourth-order valence-electron chi connectivity index (χ4n) is 3.20. The van der Waals surface area contributed by atoms with Crippen molar-refractivity contribution in [2.24, 2.45) is 5.14 Å². The van der Waals surface area contributed by atoms with Crippen LogP contribution in [0.25, 0.3) is 10.8 Å². The number of nitrogens with two attached hydrogens (primary N) is 1. The van der Waals surface area contributed by atoms with Gasteiger partial charge in [-0.15, -0.1) is 0 Å². The van der Waals surface area contributed by atoms with Gasteiger partial charge >= 0.3 is 6.03 Å². The molecule has 0 spiro atoms. The lowest BCUT2D eigenvalue weighted by molar-refractivity contribution is -0.132. The summed E-state index contributed by atoms with van der Waals surface area (Å²) in [5, 5.41) is 12.2. The summed E-state index contributed by atoms with van der Waals surface area (Å²) >= 11 is 0.